The lowest BCUT2D eigenvalue weighted by atomic mass is 10.0. The normalized spacial score (nSPS) is 14.7. The third-order valence-electron chi connectivity index (χ3n) is 6.42. The van der Waals surface area contributed by atoms with Gasteiger partial charge in [0.25, 0.3) is 0 Å². The quantitative estimate of drug-likeness (QED) is 0.422. The van der Waals surface area contributed by atoms with Crippen LogP contribution in [0.3, 0.4) is 0 Å². The number of piperidine rings is 1. The van der Waals surface area contributed by atoms with Crippen LogP contribution in [0.15, 0.2) is 91.3 Å². The summed E-state index contributed by atoms with van der Waals surface area (Å²) >= 11 is 0. The Morgan fingerprint density at radius 1 is 0.912 bits per heavy atom. The van der Waals surface area contributed by atoms with Crippen LogP contribution in [-0.4, -0.2) is 45.1 Å². The summed E-state index contributed by atoms with van der Waals surface area (Å²) in [6.07, 6.45) is 5.61. The monoisotopic (exact) mass is 452 g/mol. The summed E-state index contributed by atoms with van der Waals surface area (Å²) in [5.41, 5.74) is 3.68. The maximum absolute atomic E-state index is 12.9. The van der Waals surface area contributed by atoms with Gasteiger partial charge in [0.05, 0.1) is 12.1 Å². The van der Waals surface area contributed by atoms with Crippen molar-refractivity contribution in [3.8, 4) is 28.3 Å². The van der Waals surface area contributed by atoms with E-state index in [2.05, 4.69) is 31.9 Å². The molecule has 1 aliphatic heterocycles. The average Bonchev–Trinajstić information content (AvgIpc) is 3.35. The number of rotatable bonds is 6. The number of phenols is 1. The fourth-order valence-corrected chi connectivity index (χ4v) is 4.69. The van der Waals surface area contributed by atoms with E-state index < -0.39 is 0 Å². The van der Waals surface area contributed by atoms with E-state index in [4.69, 9.17) is 0 Å². The number of hydrogen-bond acceptors (Lipinski definition) is 4. The Balaban J connectivity index is 1.20. The first-order valence-electron chi connectivity index (χ1n) is 11.7. The number of anilines is 1. The molecule has 2 N–H and O–H groups in total. The number of carbonyl (C=O) groups excluding carboxylic acids is 1. The number of nitrogens with one attached hydrogen (secondary N) is 1. The zero-order valence-electron chi connectivity index (χ0n) is 19.0. The molecule has 1 saturated heterocycles. The fraction of sp³-hybridized carbons (Fsp3) is 0.214. The highest BCUT2D eigenvalue weighted by atomic mass is 16.3. The molecule has 0 unspecified atom stereocenters. The molecule has 5 rings (SSSR count). The molecule has 6 nitrogen and oxygen atoms in total. The van der Waals surface area contributed by atoms with E-state index in [0.29, 0.717) is 6.54 Å². The molecule has 6 heteroatoms. The number of imidazole rings is 1. The van der Waals surface area contributed by atoms with Gasteiger partial charge in [0.2, 0.25) is 5.91 Å². The van der Waals surface area contributed by atoms with Gasteiger partial charge in [-0.15, -0.1) is 0 Å². The number of hydrogen-bond donors (Lipinski definition) is 2. The summed E-state index contributed by atoms with van der Waals surface area (Å²) in [6.45, 7) is 2.03. The molecule has 172 valence electrons. The number of aromatic nitrogens is 2. The summed E-state index contributed by atoms with van der Waals surface area (Å²) in [4.78, 5) is 19.6. The predicted molar refractivity (Wildman–Crippen MR) is 135 cm³/mol. The molecule has 1 amide bonds. The maximum atomic E-state index is 12.9. The van der Waals surface area contributed by atoms with Gasteiger partial charge in [0.15, 0.2) is 0 Å². The van der Waals surface area contributed by atoms with Gasteiger partial charge in [-0.3, -0.25) is 9.69 Å². The topological polar surface area (TPSA) is 70.4 Å². The Morgan fingerprint density at radius 2 is 1.59 bits per heavy atom. The van der Waals surface area contributed by atoms with E-state index in [9.17, 15) is 9.90 Å². The summed E-state index contributed by atoms with van der Waals surface area (Å²) in [5, 5.41) is 13.4. The predicted octanol–water partition coefficient (Wildman–Crippen LogP) is 5.20. The SMILES string of the molecule is O=C(CN1CCC(n2ccnc2-c2ccccc2O)CC1)Nc1ccccc1-c1ccccc1. The minimum atomic E-state index is -0.000594. The van der Waals surface area contributed by atoms with Crippen molar-refractivity contribution < 1.29 is 9.90 Å². The second-order valence-corrected chi connectivity index (χ2v) is 8.64. The summed E-state index contributed by atoms with van der Waals surface area (Å²) in [6, 6.07) is 25.6. The van der Waals surface area contributed by atoms with E-state index in [0.717, 1.165) is 54.1 Å². The first-order valence-corrected chi connectivity index (χ1v) is 11.7. The van der Waals surface area contributed by atoms with Gasteiger partial charge in [0.1, 0.15) is 11.6 Å². The fourth-order valence-electron chi connectivity index (χ4n) is 4.69. The molecular formula is C28H28N4O2. The number of para-hydroxylation sites is 2. The van der Waals surface area contributed by atoms with Crippen molar-refractivity contribution in [2.45, 2.75) is 18.9 Å². The van der Waals surface area contributed by atoms with Crippen molar-refractivity contribution in [2.24, 2.45) is 0 Å². The highest BCUT2D eigenvalue weighted by Crippen LogP contribution is 2.32. The van der Waals surface area contributed by atoms with Crippen LogP contribution in [0.25, 0.3) is 22.5 Å². The molecule has 0 atom stereocenters. The lowest BCUT2D eigenvalue weighted by molar-refractivity contribution is -0.117. The number of benzene rings is 3. The first kappa shape index (κ1) is 21.9. The van der Waals surface area contributed by atoms with Crippen LogP contribution >= 0.6 is 0 Å². The van der Waals surface area contributed by atoms with Gasteiger partial charge in [-0.25, -0.2) is 4.98 Å². The molecular weight excluding hydrogens is 424 g/mol. The Morgan fingerprint density at radius 3 is 2.35 bits per heavy atom. The standard InChI is InChI=1S/C28H28N4O2/c33-26-13-7-5-11-24(26)28-29-16-19-32(28)22-14-17-31(18-15-22)20-27(34)30-25-12-6-4-10-23(25)21-8-2-1-3-9-21/h1-13,16,19,22,33H,14-15,17-18,20H2,(H,30,34). The second-order valence-electron chi connectivity index (χ2n) is 8.64. The zero-order chi connectivity index (χ0) is 23.3. The highest BCUT2D eigenvalue weighted by molar-refractivity contribution is 5.96. The Labute approximate surface area is 199 Å². The van der Waals surface area contributed by atoms with E-state index in [1.54, 1.807) is 12.3 Å². The van der Waals surface area contributed by atoms with Gasteiger partial charge < -0.3 is 15.0 Å². The molecule has 0 spiro atoms. The first-order chi connectivity index (χ1) is 16.7. The van der Waals surface area contributed by atoms with Crippen molar-refractivity contribution in [1.82, 2.24) is 14.5 Å². The molecule has 0 aliphatic carbocycles. The minimum absolute atomic E-state index is 0.000594. The summed E-state index contributed by atoms with van der Waals surface area (Å²) in [5.74, 6) is 1.02. The van der Waals surface area contributed by atoms with Crippen LogP contribution in [0, 0.1) is 0 Å². The van der Waals surface area contributed by atoms with Gasteiger partial charge in [0, 0.05) is 42.8 Å². The average molecular weight is 453 g/mol. The number of nitrogens with zero attached hydrogens (tertiary/aromatic N) is 3. The Kier molecular flexibility index (Phi) is 6.40. The lowest BCUT2D eigenvalue weighted by Crippen LogP contribution is -2.39. The maximum Gasteiger partial charge on any atom is 0.238 e. The number of likely N-dealkylation sites (tertiary alicyclic amines) is 1. The van der Waals surface area contributed by atoms with Gasteiger partial charge in [-0.1, -0.05) is 60.7 Å². The van der Waals surface area contributed by atoms with E-state index in [1.807, 2.05) is 66.9 Å². The molecule has 1 aromatic heterocycles. The Bertz CT molecular complexity index is 1260. The number of amides is 1. The number of aromatic hydroxyl groups is 1. The third-order valence-corrected chi connectivity index (χ3v) is 6.42. The number of phenolic OH excluding ortho intramolecular Hbond substituents is 1. The van der Waals surface area contributed by atoms with Gasteiger partial charge >= 0.3 is 0 Å². The lowest BCUT2D eigenvalue weighted by Gasteiger charge is -2.32. The van der Waals surface area contributed by atoms with Gasteiger partial charge in [-0.05, 0) is 36.6 Å². The van der Waals surface area contributed by atoms with Crippen molar-refractivity contribution in [3.63, 3.8) is 0 Å². The minimum Gasteiger partial charge on any atom is -0.507 e. The highest BCUT2D eigenvalue weighted by Gasteiger charge is 2.24. The van der Waals surface area contributed by atoms with Crippen molar-refractivity contribution in [2.75, 3.05) is 25.0 Å². The van der Waals surface area contributed by atoms with Crippen LogP contribution in [0.5, 0.6) is 5.75 Å². The zero-order valence-corrected chi connectivity index (χ0v) is 19.0. The molecule has 34 heavy (non-hydrogen) atoms. The van der Waals surface area contributed by atoms with Crippen molar-refractivity contribution in [3.05, 3.63) is 91.3 Å². The summed E-state index contributed by atoms with van der Waals surface area (Å²) in [7, 11) is 0. The molecule has 0 radical (unpaired) electrons. The van der Waals surface area contributed by atoms with Crippen LogP contribution in [0.1, 0.15) is 18.9 Å². The Hall–Kier alpha value is -3.90. The van der Waals surface area contributed by atoms with E-state index in [1.165, 1.54) is 0 Å². The van der Waals surface area contributed by atoms with Crippen LogP contribution in [-0.2, 0) is 4.79 Å². The molecule has 0 bridgehead atoms. The van der Waals surface area contributed by atoms with Crippen LogP contribution in [0.4, 0.5) is 5.69 Å². The molecule has 2 heterocycles. The second kappa shape index (κ2) is 9.93. The molecule has 1 fully saturated rings. The van der Waals surface area contributed by atoms with Crippen LogP contribution < -0.4 is 5.32 Å². The summed E-state index contributed by atoms with van der Waals surface area (Å²) < 4.78 is 2.16. The van der Waals surface area contributed by atoms with E-state index >= 15 is 0 Å². The largest absolute Gasteiger partial charge is 0.507 e. The van der Waals surface area contributed by atoms with Gasteiger partial charge in [-0.2, -0.15) is 0 Å². The van der Waals surface area contributed by atoms with Crippen molar-refractivity contribution >= 4 is 11.6 Å². The molecule has 0 saturated carbocycles. The van der Waals surface area contributed by atoms with Crippen LogP contribution in [0.2, 0.25) is 0 Å². The smallest absolute Gasteiger partial charge is 0.238 e. The third kappa shape index (κ3) is 4.72. The molecule has 4 aromatic rings. The number of carbonyl (C=O) groups is 1. The van der Waals surface area contributed by atoms with E-state index in [-0.39, 0.29) is 17.7 Å². The molecule has 1 aliphatic rings. The molecule has 3 aromatic carbocycles. The van der Waals surface area contributed by atoms with Crippen molar-refractivity contribution in [1.29, 1.82) is 0 Å².